The van der Waals surface area contributed by atoms with Crippen LogP contribution < -0.4 is 0 Å². The van der Waals surface area contributed by atoms with Gasteiger partial charge in [-0.3, -0.25) is 4.90 Å². The maximum Gasteiger partial charge on any atom is 0.182 e. The van der Waals surface area contributed by atoms with Crippen LogP contribution in [0.3, 0.4) is 0 Å². The fraction of sp³-hybridized carbons (Fsp3) is 1.00. The molecule has 0 unspecified atom stereocenters. The first kappa shape index (κ1) is 7.98. The van der Waals surface area contributed by atoms with Crippen LogP contribution in [0, 0.1) is 0 Å². The molecular weight excluding hydrogens is 130 g/mol. The molecule has 59 valence electrons. The zero-order valence-corrected chi connectivity index (χ0v) is 6.21. The quantitative estimate of drug-likeness (QED) is 0.550. The Kier molecular flexibility index (Phi) is 3.72. The van der Waals surface area contributed by atoms with Gasteiger partial charge < -0.3 is 4.74 Å². The van der Waals surface area contributed by atoms with Gasteiger partial charge in [0.15, 0.2) is 6.79 Å². The number of hydrogen-bond donors (Lipinski definition) is 0. The SMILES string of the molecule is [O]COCN1CCCCC1. The Hall–Kier alpha value is -0.120. The molecule has 0 bridgehead atoms. The standard InChI is InChI=1S/C7H14NO2/c9-7-10-6-8-4-2-1-3-5-8/h1-7H2. The second-order valence-corrected chi connectivity index (χ2v) is 2.63. The minimum Gasteiger partial charge on any atom is -0.337 e. The van der Waals surface area contributed by atoms with E-state index in [-0.39, 0.29) is 0 Å². The molecule has 0 saturated carbocycles. The summed E-state index contributed by atoms with van der Waals surface area (Å²) in [6, 6.07) is 0. The van der Waals surface area contributed by atoms with Crippen molar-refractivity contribution in [3.8, 4) is 0 Å². The first-order valence-corrected chi connectivity index (χ1v) is 3.81. The summed E-state index contributed by atoms with van der Waals surface area (Å²) in [4.78, 5) is 2.18. The number of hydrogen-bond acceptors (Lipinski definition) is 2. The zero-order valence-electron chi connectivity index (χ0n) is 6.21. The van der Waals surface area contributed by atoms with Gasteiger partial charge in [0.25, 0.3) is 0 Å². The van der Waals surface area contributed by atoms with Crippen LogP contribution >= 0.6 is 0 Å². The molecule has 0 N–H and O–H groups in total. The molecule has 3 heteroatoms. The lowest BCUT2D eigenvalue weighted by molar-refractivity contribution is -0.0873. The topological polar surface area (TPSA) is 32.4 Å². The predicted octanol–water partition coefficient (Wildman–Crippen LogP) is 0.834. The van der Waals surface area contributed by atoms with Crippen LogP contribution in [0.4, 0.5) is 0 Å². The molecular formula is C7H14NO2. The van der Waals surface area contributed by atoms with Crippen molar-refractivity contribution in [2.75, 3.05) is 26.6 Å². The fourth-order valence-corrected chi connectivity index (χ4v) is 1.25. The Morgan fingerprint density at radius 3 is 2.50 bits per heavy atom. The van der Waals surface area contributed by atoms with E-state index >= 15 is 0 Å². The molecule has 0 aromatic rings. The summed E-state index contributed by atoms with van der Waals surface area (Å²) in [5.74, 6) is 0. The van der Waals surface area contributed by atoms with Gasteiger partial charge in [-0.25, -0.2) is 5.11 Å². The van der Waals surface area contributed by atoms with Crippen molar-refractivity contribution in [2.24, 2.45) is 0 Å². The van der Waals surface area contributed by atoms with Crippen molar-refractivity contribution >= 4 is 0 Å². The molecule has 0 aromatic carbocycles. The molecule has 0 spiro atoms. The zero-order chi connectivity index (χ0) is 7.23. The van der Waals surface area contributed by atoms with Crippen molar-refractivity contribution in [3.63, 3.8) is 0 Å². The summed E-state index contributed by atoms with van der Waals surface area (Å²) in [5, 5.41) is 9.92. The third-order valence-electron chi connectivity index (χ3n) is 1.81. The molecule has 1 heterocycles. The average molecular weight is 144 g/mol. The smallest absolute Gasteiger partial charge is 0.182 e. The Balaban J connectivity index is 2.02. The highest BCUT2D eigenvalue weighted by atomic mass is 16.6. The average Bonchev–Trinajstić information content (AvgIpc) is 2.03. The number of likely N-dealkylation sites (tertiary alicyclic amines) is 1. The number of ether oxygens (including phenoxy) is 1. The van der Waals surface area contributed by atoms with Crippen molar-refractivity contribution in [1.29, 1.82) is 0 Å². The molecule has 1 aliphatic rings. The van der Waals surface area contributed by atoms with E-state index in [1.807, 2.05) is 0 Å². The second kappa shape index (κ2) is 4.66. The van der Waals surface area contributed by atoms with E-state index in [0.29, 0.717) is 6.73 Å². The van der Waals surface area contributed by atoms with Gasteiger partial charge in [-0.1, -0.05) is 6.42 Å². The molecule has 1 rings (SSSR count). The van der Waals surface area contributed by atoms with E-state index in [4.69, 9.17) is 4.74 Å². The Morgan fingerprint density at radius 2 is 1.90 bits per heavy atom. The maximum absolute atomic E-state index is 9.92. The molecule has 0 aromatic heterocycles. The van der Waals surface area contributed by atoms with E-state index in [1.165, 1.54) is 19.3 Å². The van der Waals surface area contributed by atoms with Gasteiger partial charge >= 0.3 is 0 Å². The van der Waals surface area contributed by atoms with Crippen LogP contribution in [0.25, 0.3) is 0 Å². The highest BCUT2D eigenvalue weighted by Gasteiger charge is 2.08. The molecule has 3 nitrogen and oxygen atoms in total. The third-order valence-corrected chi connectivity index (χ3v) is 1.81. The molecule has 1 fully saturated rings. The summed E-state index contributed by atoms with van der Waals surface area (Å²) < 4.78 is 4.74. The van der Waals surface area contributed by atoms with Gasteiger partial charge in [0.2, 0.25) is 0 Å². The normalized spacial score (nSPS) is 21.3. The first-order valence-electron chi connectivity index (χ1n) is 3.81. The minimum atomic E-state index is -0.406. The highest BCUT2D eigenvalue weighted by Crippen LogP contribution is 2.07. The van der Waals surface area contributed by atoms with E-state index in [2.05, 4.69) is 4.90 Å². The van der Waals surface area contributed by atoms with Crippen LogP contribution in [0.1, 0.15) is 19.3 Å². The van der Waals surface area contributed by atoms with Gasteiger partial charge in [0.05, 0.1) is 0 Å². The summed E-state index contributed by atoms with van der Waals surface area (Å²) >= 11 is 0. The highest BCUT2D eigenvalue weighted by molar-refractivity contribution is 4.60. The van der Waals surface area contributed by atoms with Crippen LogP contribution in [-0.4, -0.2) is 31.5 Å². The third kappa shape index (κ3) is 2.64. The van der Waals surface area contributed by atoms with E-state index in [0.717, 1.165) is 13.1 Å². The van der Waals surface area contributed by atoms with Crippen LogP contribution in [0.2, 0.25) is 0 Å². The summed E-state index contributed by atoms with van der Waals surface area (Å²) in [5.41, 5.74) is 0. The van der Waals surface area contributed by atoms with E-state index in [9.17, 15) is 5.11 Å². The second-order valence-electron chi connectivity index (χ2n) is 2.63. The maximum atomic E-state index is 9.92. The molecule has 0 atom stereocenters. The lowest BCUT2D eigenvalue weighted by atomic mass is 10.1. The number of rotatable bonds is 3. The Bertz CT molecular complexity index is 81.7. The number of piperidine rings is 1. The first-order chi connectivity index (χ1) is 4.93. The van der Waals surface area contributed by atoms with Crippen LogP contribution in [0.5, 0.6) is 0 Å². The van der Waals surface area contributed by atoms with Crippen molar-refractivity contribution in [3.05, 3.63) is 0 Å². The molecule has 1 radical (unpaired) electrons. The van der Waals surface area contributed by atoms with Crippen molar-refractivity contribution in [2.45, 2.75) is 19.3 Å². The Morgan fingerprint density at radius 1 is 1.20 bits per heavy atom. The van der Waals surface area contributed by atoms with Crippen LogP contribution in [-0.2, 0) is 9.84 Å². The van der Waals surface area contributed by atoms with Crippen molar-refractivity contribution in [1.82, 2.24) is 4.90 Å². The number of nitrogens with zero attached hydrogens (tertiary/aromatic N) is 1. The predicted molar refractivity (Wildman–Crippen MR) is 36.9 cm³/mol. The lowest BCUT2D eigenvalue weighted by Gasteiger charge is -2.25. The van der Waals surface area contributed by atoms with Gasteiger partial charge in [0.1, 0.15) is 6.73 Å². The lowest BCUT2D eigenvalue weighted by Crippen LogP contribution is -2.31. The fourth-order valence-electron chi connectivity index (χ4n) is 1.25. The van der Waals surface area contributed by atoms with E-state index in [1.54, 1.807) is 0 Å². The van der Waals surface area contributed by atoms with E-state index < -0.39 is 6.79 Å². The van der Waals surface area contributed by atoms with Gasteiger partial charge in [-0.2, -0.15) is 0 Å². The summed E-state index contributed by atoms with van der Waals surface area (Å²) in [6.45, 7) is 2.32. The molecule has 10 heavy (non-hydrogen) atoms. The van der Waals surface area contributed by atoms with Gasteiger partial charge in [0, 0.05) is 13.1 Å². The molecule has 1 aliphatic heterocycles. The largest absolute Gasteiger partial charge is 0.337 e. The molecule has 0 aliphatic carbocycles. The summed E-state index contributed by atoms with van der Waals surface area (Å²) in [7, 11) is 0. The monoisotopic (exact) mass is 144 g/mol. The summed E-state index contributed by atoms with van der Waals surface area (Å²) in [6.07, 6.45) is 3.83. The van der Waals surface area contributed by atoms with Gasteiger partial charge in [-0.05, 0) is 12.8 Å². The van der Waals surface area contributed by atoms with Gasteiger partial charge in [-0.15, -0.1) is 0 Å². The van der Waals surface area contributed by atoms with Crippen LogP contribution in [0.15, 0.2) is 0 Å². The van der Waals surface area contributed by atoms with Crippen molar-refractivity contribution < 1.29 is 9.84 Å². The molecule has 1 saturated heterocycles. The Labute approximate surface area is 61.6 Å². The molecule has 0 amide bonds. The minimum absolute atomic E-state index is 0.406.